The maximum absolute atomic E-state index is 12.6. The van der Waals surface area contributed by atoms with E-state index in [1.165, 1.54) is 38.3 Å². The summed E-state index contributed by atoms with van der Waals surface area (Å²) in [6.07, 6.45) is 10.5. The van der Waals surface area contributed by atoms with Crippen molar-refractivity contribution in [3.05, 3.63) is 67.1 Å². The number of fused-ring (bicyclic) bond motifs is 1. The average molecular weight is 679 g/mol. The van der Waals surface area contributed by atoms with Gasteiger partial charge in [0.1, 0.15) is 17.9 Å². The van der Waals surface area contributed by atoms with Crippen molar-refractivity contribution in [1.29, 1.82) is 0 Å². The van der Waals surface area contributed by atoms with E-state index in [4.69, 9.17) is 9.57 Å². The lowest BCUT2D eigenvalue weighted by Crippen LogP contribution is -2.53. The van der Waals surface area contributed by atoms with Gasteiger partial charge in [0.15, 0.2) is 5.82 Å². The lowest BCUT2D eigenvalue weighted by Gasteiger charge is -2.43. The van der Waals surface area contributed by atoms with Gasteiger partial charge in [-0.3, -0.25) is 24.1 Å². The molecule has 0 spiro atoms. The molecule has 1 amide bonds. The van der Waals surface area contributed by atoms with Crippen molar-refractivity contribution in [2.45, 2.75) is 50.2 Å². The monoisotopic (exact) mass is 678 g/mol. The molecule has 50 heavy (non-hydrogen) atoms. The van der Waals surface area contributed by atoms with Crippen molar-refractivity contribution in [2.75, 3.05) is 73.6 Å². The van der Waals surface area contributed by atoms with Crippen LogP contribution in [0.3, 0.4) is 0 Å². The highest BCUT2D eigenvalue weighted by atomic mass is 16.7. The summed E-state index contributed by atoms with van der Waals surface area (Å²) in [6, 6.07) is 13.4. The summed E-state index contributed by atoms with van der Waals surface area (Å²) in [5.41, 5.74) is 4.50. The van der Waals surface area contributed by atoms with E-state index in [0.717, 1.165) is 73.6 Å². The van der Waals surface area contributed by atoms with Crippen LogP contribution in [0, 0.1) is 0 Å². The number of carbonyl (C=O) groups is 1. The minimum absolute atomic E-state index is 0.0309. The molecule has 13 nitrogen and oxygen atoms in total. The molecule has 2 aromatic carbocycles. The van der Waals surface area contributed by atoms with E-state index < -0.39 is 0 Å². The van der Waals surface area contributed by atoms with Crippen LogP contribution in [0.4, 0.5) is 28.7 Å². The topological polar surface area (TPSA) is 116 Å². The fourth-order valence-electron chi connectivity index (χ4n) is 7.90. The van der Waals surface area contributed by atoms with Crippen LogP contribution in [0.5, 0.6) is 5.75 Å². The Bertz CT molecular complexity index is 1860. The van der Waals surface area contributed by atoms with Crippen molar-refractivity contribution in [3.63, 3.8) is 0 Å². The molecule has 2 N–H and O–H groups in total. The molecule has 1 unspecified atom stereocenters. The normalized spacial score (nSPS) is 20.7. The minimum atomic E-state index is -0.268. The van der Waals surface area contributed by atoms with E-state index in [0.29, 0.717) is 41.4 Å². The Kier molecular flexibility index (Phi) is 9.02. The van der Waals surface area contributed by atoms with Gasteiger partial charge in [-0.25, -0.2) is 15.0 Å². The van der Waals surface area contributed by atoms with E-state index in [1.54, 1.807) is 7.11 Å². The number of piperazine rings is 1. The van der Waals surface area contributed by atoms with Crippen LogP contribution in [0.15, 0.2) is 61.6 Å². The highest BCUT2D eigenvalue weighted by Crippen LogP contribution is 2.41. The zero-order valence-electron chi connectivity index (χ0n) is 28.9. The maximum atomic E-state index is 12.6. The van der Waals surface area contributed by atoms with Gasteiger partial charge in [0, 0.05) is 82.3 Å². The molecule has 3 saturated heterocycles. The molecule has 2 aromatic heterocycles. The number of aryl methyl sites for hydroxylation is 1. The summed E-state index contributed by atoms with van der Waals surface area (Å²) in [6.45, 7) is 10.8. The number of anilines is 5. The van der Waals surface area contributed by atoms with Gasteiger partial charge in [0.25, 0.3) is 0 Å². The van der Waals surface area contributed by atoms with Crippen molar-refractivity contribution < 1.29 is 14.4 Å². The zero-order chi connectivity index (χ0) is 34.2. The van der Waals surface area contributed by atoms with Crippen LogP contribution in [0.2, 0.25) is 0 Å². The molecular weight excluding hydrogens is 632 g/mol. The van der Waals surface area contributed by atoms with Gasteiger partial charge < -0.3 is 20.3 Å². The van der Waals surface area contributed by atoms with Crippen LogP contribution < -0.4 is 25.3 Å². The molecule has 13 heteroatoms. The van der Waals surface area contributed by atoms with Crippen LogP contribution in [0.1, 0.15) is 43.7 Å². The molecular formula is C37H46N10O3. The van der Waals surface area contributed by atoms with Crippen molar-refractivity contribution >= 4 is 45.5 Å². The number of aromatic nitrogens is 4. The van der Waals surface area contributed by atoms with Crippen LogP contribution in [0.25, 0.3) is 10.9 Å². The molecule has 1 saturated carbocycles. The fourth-order valence-corrected chi connectivity index (χ4v) is 7.90. The van der Waals surface area contributed by atoms with E-state index in [-0.39, 0.29) is 11.9 Å². The third-order valence-corrected chi connectivity index (χ3v) is 10.7. The quantitative estimate of drug-likeness (QED) is 0.224. The SMILES string of the molecule is C=CC(=O)Nc1cc(Nc2cc(N3OCCC3c3cccc4c3cnn4C)ncn2)c(OC)cc1N1CCC(N2CCN(C3CC3)CC2)CC1. The first-order chi connectivity index (χ1) is 24.5. The molecule has 1 aliphatic carbocycles. The second kappa shape index (κ2) is 13.9. The van der Waals surface area contributed by atoms with Crippen LogP contribution in [-0.4, -0.2) is 101 Å². The smallest absolute Gasteiger partial charge is 0.247 e. The number of benzene rings is 2. The van der Waals surface area contributed by atoms with E-state index in [2.05, 4.69) is 65.2 Å². The first-order valence-corrected chi connectivity index (χ1v) is 17.8. The molecule has 5 heterocycles. The predicted molar refractivity (Wildman–Crippen MR) is 195 cm³/mol. The molecule has 0 radical (unpaired) electrons. The Morgan fingerprint density at radius 2 is 1.72 bits per heavy atom. The Labute approximate surface area is 292 Å². The lowest BCUT2D eigenvalue weighted by molar-refractivity contribution is -0.111. The summed E-state index contributed by atoms with van der Waals surface area (Å²) in [5.74, 6) is 1.58. The van der Waals surface area contributed by atoms with Gasteiger partial charge in [-0.15, -0.1) is 0 Å². The van der Waals surface area contributed by atoms with Crippen molar-refractivity contribution in [2.24, 2.45) is 7.05 Å². The number of hydroxylamine groups is 1. The summed E-state index contributed by atoms with van der Waals surface area (Å²) < 4.78 is 7.80. The van der Waals surface area contributed by atoms with E-state index >= 15 is 0 Å². The number of nitrogens with one attached hydrogen (secondary N) is 2. The van der Waals surface area contributed by atoms with E-state index in [1.807, 2.05) is 41.2 Å². The first-order valence-electron chi connectivity index (χ1n) is 17.8. The third-order valence-electron chi connectivity index (χ3n) is 10.7. The molecule has 4 aromatic rings. The van der Waals surface area contributed by atoms with Gasteiger partial charge in [0.2, 0.25) is 5.91 Å². The number of amides is 1. The number of nitrogens with zero attached hydrogens (tertiary/aromatic N) is 8. The highest BCUT2D eigenvalue weighted by molar-refractivity contribution is 6.02. The summed E-state index contributed by atoms with van der Waals surface area (Å²) >= 11 is 0. The average Bonchev–Trinajstić information content (AvgIpc) is 3.77. The lowest BCUT2D eigenvalue weighted by atomic mass is 10.0. The predicted octanol–water partition coefficient (Wildman–Crippen LogP) is 4.87. The molecule has 1 atom stereocenters. The first kappa shape index (κ1) is 32.5. The number of methoxy groups -OCH3 is 1. The second-order valence-corrected chi connectivity index (χ2v) is 13.7. The number of hydrogen-bond donors (Lipinski definition) is 2. The zero-order valence-corrected chi connectivity index (χ0v) is 28.9. The van der Waals surface area contributed by atoms with Crippen LogP contribution in [-0.2, 0) is 16.7 Å². The standard InChI is InChI=1S/C37H46N10O3/c1-4-37(48)42-29-20-30(34(49-3)21-33(29)46-13-10-26(11-14-46)45-17-15-44(16-18-45)25-8-9-25)41-35-22-36(39-24-38-35)47-32(12-19-50-47)27-6-5-7-31-28(27)23-40-43(31)2/h4-7,20-26,32H,1,8-19H2,2-3H3,(H,42,48)(H,38,39,41). The number of carbonyl (C=O) groups excluding carboxylic acids is 1. The minimum Gasteiger partial charge on any atom is -0.494 e. The Hall–Kier alpha value is -4.72. The summed E-state index contributed by atoms with van der Waals surface area (Å²) in [5, 5.41) is 13.9. The molecule has 262 valence electrons. The molecule has 0 bridgehead atoms. The third kappa shape index (κ3) is 6.48. The Balaban J connectivity index is 1.01. The number of rotatable bonds is 10. The second-order valence-electron chi connectivity index (χ2n) is 13.7. The van der Waals surface area contributed by atoms with Gasteiger partial charge in [-0.05, 0) is 49.5 Å². The van der Waals surface area contributed by atoms with Gasteiger partial charge in [-0.1, -0.05) is 18.7 Å². The highest BCUT2D eigenvalue weighted by Gasteiger charge is 2.35. The number of piperidine rings is 1. The number of hydrogen-bond acceptors (Lipinski definition) is 11. The maximum Gasteiger partial charge on any atom is 0.247 e. The van der Waals surface area contributed by atoms with Gasteiger partial charge in [-0.2, -0.15) is 5.10 Å². The largest absolute Gasteiger partial charge is 0.494 e. The van der Waals surface area contributed by atoms with Crippen LogP contribution >= 0.6 is 0 Å². The fraction of sp³-hybridized carbons (Fsp3) is 0.459. The molecule has 3 aliphatic heterocycles. The molecule has 4 fully saturated rings. The Morgan fingerprint density at radius 1 is 0.960 bits per heavy atom. The summed E-state index contributed by atoms with van der Waals surface area (Å²) in [4.78, 5) is 35.6. The van der Waals surface area contributed by atoms with E-state index in [9.17, 15) is 4.79 Å². The Morgan fingerprint density at radius 3 is 2.44 bits per heavy atom. The van der Waals surface area contributed by atoms with Crippen molar-refractivity contribution in [3.8, 4) is 5.75 Å². The molecule has 4 aliphatic rings. The molecule has 8 rings (SSSR count). The number of ether oxygens (including phenoxy) is 1. The van der Waals surface area contributed by atoms with Crippen molar-refractivity contribution in [1.82, 2.24) is 29.5 Å². The van der Waals surface area contributed by atoms with Gasteiger partial charge in [0.05, 0.1) is 48.5 Å². The summed E-state index contributed by atoms with van der Waals surface area (Å²) in [7, 11) is 3.61. The van der Waals surface area contributed by atoms with Gasteiger partial charge >= 0.3 is 0 Å².